The third kappa shape index (κ3) is 5.74. The van der Waals surface area contributed by atoms with Gasteiger partial charge in [0.2, 0.25) is 5.95 Å². The molecule has 8 N–H and O–H groups in total. The average molecular weight is 456 g/mol. The first-order chi connectivity index (χ1) is 15.7. The van der Waals surface area contributed by atoms with Crippen molar-refractivity contribution >= 4 is 34.8 Å². The minimum Gasteiger partial charge on any atom is -0.481 e. The molecule has 1 amide bonds. The summed E-state index contributed by atoms with van der Waals surface area (Å²) >= 11 is 0. The van der Waals surface area contributed by atoms with Crippen molar-refractivity contribution in [3.05, 3.63) is 57.0 Å². The van der Waals surface area contributed by atoms with Crippen LogP contribution in [0.4, 0.5) is 5.95 Å². The normalized spacial score (nSPS) is 11.9. The molecule has 12 nitrogen and oxygen atoms in total. The van der Waals surface area contributed by atoms with E-state index in [4.69, 9.17) is 15.9 Å². The molecular formula is C21H24N6O6. The second-order valence-electron chi connectivity index (χ2n) is 7.50. The average Bonchev–Trinajstić information content (AvgIpc) is 3.06. The zero-order valence-corrected chi connectivity index (χ0v) is 17.8. The van der Waals surface area contributed by atoms with Crippen LogP contribution in [0.25, 0.3) is 11.0 Å². The Morgan fingerprint density at radius 1 is 1.12 bits per heavy atom. The van der Waals surface area contributed by atoms with Crippen LogP contribution in [-0.2, 0) is 22.7 Å². The Bertz CT molecular complexity index is 1250. The zero-order chi connectivity index (χ0) is 24.1. The van der Waals surface area contributed by atoms with Crippen molar-refractivity contribution in [1.82, 2.24) is 25.6 Å². The van der Waals surface area contributed by atoms with Gasteiger partial charge < -0.3 is 31.6 Å². The van der Waals surface area contributed by atoms with Crippen molar-refractivity contribution in [2.24, 2.45) is 0 Å². The molecule has 0 bridgehead atoms. The Labute approximate surface area is 187 Å². The molecule has 0 saturated heterocycles. The molecule has 0 aliphatic heterocycles. The molecule has 0 aliphatic rings. The second-order valence-corrected chi connectivity index (χ2v) is 7.50. The highest BCUT2D eigenvalue weighted by atomic mass is 16.4. The molecule has 1 aromatic carbocycles. The molecule has 1 atom stereocenters. The van der Waals surface area contributed by atoms with E-state index in [1.165, 1.54) is 0 Å². The predicted molar refractivity (Wildman–Crippen MR) is 119 cm³/mol. The van der Waals surface area contributed by atoms with Gasteiger partial charge >= 0.3 is 11.9 Å². The maximum absolute atomic E-state index is 12.3. The van der Waals surface area contributed by atoms with Crippen molar-refractivity contribution in [3.8, 4) is 0 Å². The first-order valence-corrected chi connectivity index (χ1v) is 10.1. The number of nitrogens with two attached hydrogens (primary N) is 1. The summed E-state index contributed by atoms with van der Waals surface area (Å²) in [6.07, 6.45) is -0.580. The van der Waals surface area contributed by atoms with E-state index in [0.717, 1.165) is 16.8 Å². The van der Waals surface area contributed by atoms with Gasteiger partial charge in [0.05, 0.1) is 5.39 Å². The lowest BCUT2D eigenvalue weighted by Gasteiger charge is -2.13. The lowest BCUT2D eigenvalue weighted by atomic mass is 10.1. The van der Waals surface area contributed by atoms with Gasteiger partial charge in [-0.15, -0.1) is 0 Å². The molecule has 2 heterocycles. The Balaban J connectivity index is 1.60. The van der Waals surface area contributed by atoms with Crippen LogP contribution >= 0.6 is 0 Å². The molecule has 174 valence electrons. The third-order valence-electron chi connectivity index (χ3n) is 5.10. The van der Waals surface area contributed by atoms with Gasteiger partial charge in [0.1, 0.15) is 11.7 Å². The van der Waals surface area contributed by atoms with E-state index in [1.54, 1.807) is 24.3 Å². The predicted octanol–water partition coefficient (Wildman–Crippen LogP) is 0.479. The molecule has 0 unspecified atom stereocenters. The van der Waals surface area contributed by atoms with Gasteiger partial charge in [-0.3, -0.25) is 19.4 Å². The largest absolute Gasteiger partial charge is 0.481 e. The number of aromatic amines is 2. The molecule has 0 spiro atoms. The summed E-state index contributed by atoms with van der Waals surface area (Å²) in [6.45, 7) is 2.68. The summed E-state index contributed by atoms with van der Waals surface area (Å²) in [6, 6.07) is 5.24. The Hall–Kier alpha value is -4.19. The van der Waals surface area contributed by atoms with Crippen LogP contribution in [0.5, 0.6) is 0 Å². The fourth-order valence-electron chi connectivity index (χ4n) is 3.40. The lowest BCUT2D eigenvalue weighted by molar-refractivity contribution is -0.140. The van der Waals surface area contributed by atoms with Gasteiger partial charge in [0, 0.05) is 36.3 Å². The number of fused-ring (bicyclic) bond motifs is 1. The highest BCUT2D eigenvalue weighted by Crippen LogP contribution is 2.17. The highest BCUT2D eigenvalue weighted by molar-refractivity contribution is 5.96. The number of nitrogen functional groups attached to an aromatic ring is 1. The number of amides is 1. The fraction of sp³-hybridized carbons (Fsp3) is 0.286. The maximum Gasteiger partial charge on any atom is 0.326 e. The number of nitrogens with zero attached hydrogens (tertiary/aromatic N) is 1. The number of carbonyl (C=O) groups is 3. The summed E-state index contributed by atoms with van der Waals surface area (Å²) in [7, 11) is 0. The number of hydrogen-bond donors (Lipinski definition) is 7. The van der Waals surface area contributed by atoms with Crippen LogP contribution in [0.3, 0.4) is 0 Å². The number of aromatic nitrogens is 3. The van der Waals surface area contributed by atoms with Crippen LogP contribution in [-0.4, -0.2) is 49.1 Å². The molecule has 0 aliphatic carbocycles. The third-order valence-corrected chi connectivity index (χ3v) is 5.10. The molecular weight excluding hydrogens is 432 g/mol. The highest BCUT2D eigenvalue weighted by Gasteiger charge is 2.21. The summed E-state index contributed by atoms with van der Waals surface area (Å²) in [5, 5.41) is 23.9. The molecule has 0 radical (unpaired) electrons. The molecule has 3 aromatic rings. The monoisotopic (exact) mass is 456 g/mol. The van der Waals surface area contributed by atoms with Gasteiger partial charge in [-0.25, -0.2) is 4.79 Å². The number of nitrogens with one attached hydrogen (secondary N) is 4. The summed E-state index contributed by atoms with van der Waals surface area (Å²) in [5.74, 6) is -3.00. The number of H-pyrrole nitrogens is 2. The van der Waals surface area contributed by atoms with E-state index in [-0.39, 0.29) is 29.9 Å². The maximum atomic E-state index is 12.3. The SMILES string of the molecule is Cc1[nH]c2nc(N)[nH]c(=O)c2c1CNCc1ccc(C(=O)N[C@@H](CCC(=O)O)C(=O)O)cc1. The zero-order valence-electron chi connectivity index (χ0n) is 17.8. The van der Waals surface area contributed by atoms with Crippen molar-refractivity contribution in [1.29, 1.82) is 0 Å². The van der Waals surface area contributed by atoms with Crippen molar-refractivity contribution in [2.45, 2.75) is 38.9 Å². The molecule has 0 fully saturated rings. The van der Waals surface area contributed by atoms with Crippen molar-refractivity contribution in [2.75, 3.05) is 5.73 Å². The van der Waals surface area contributed by atoms with E-state index in [0.29, 0.717) is 24.1 Å². The standard InChI is InChI=1S/C21H24N6O6/c1-10-13(16-17(24-10)26-21(22)27-19(16)31)9-23-8-11-2-4-12(5-3-11)18(30)25-14(20(32)33)6-7-15(28)29/h2-5,14,23H,6-9H2,1H3,(H,25,30)(H,28,29)(H,32,33)(H4,22,24,26,27,31)/t14-/m0/s1. The lowest BCUT2D eigenvalue weighted by Crippen LogP contribution is -2.41. The van der Waals surface area contributed by atoms with Gasteiger partial charge in [-0.05, 0) is 31.0 Å². The van der Waals surface area contributed by atoms with Crippen LogP contribution in [0, 0.1) is 6.92 Å². The fourth-order valence-corrected chi connectivity index (χ4v) is 3.40. The van der Waals surface area contributed by atoms with E-state index < -0.39 is 23.9 Å². The van der Waals surface area contributed by atoms with Crippen LogP contribution in [0.15, 0.2) is 29.1 Å². The number of benzene rings is 1. The van der Waals surface area contributed by atoms with Crippen LogP contribution in [0.2, 0.25) is 0 Å². The number of anilines is 1. The number of rotatable bonds is 10. The van der Waals surface area contributed by atoms with Crippen molar-refractivity contribution in [3.63, 3.8) is 0 Å². The smallest absolute Gasteiger partial charge is 0.326 e. The van der Waals surface area contributed by atoms with E-state index in [1.807, 2.05) is 6.92 Å². The van der Waals surface area contributed by atoms with E-state index in [9.17, 15) is 19.2 Å². The van der Waals surface area contributed by atoms with Crippen LogP contribution < -0.4 is 21.9 Å². The summed E-state index contributed by atoms with van der Waals surface area (Å²) < 4.78 is 0. The molecule has 12 heteroatoms. The Morgan fingerprint density at radius 3 is 2.45 bits per heavy atom. The topological polar surface area (TPSA) is 203 Å². The van der Waals surface area contributed by atoms with Gasteiger partial charge in [-0.2, -0.15) is 4.98 Å². The molecule has 33 heavy (non-hydrogen) atoms. The number of carboxylic acids is 2. The van der Waals surface area contributed by atoms with Crippen molar-refractivity contribution < 1.29 is 24.6 Å². The minimum atomic E-state index is -1.30. The second kappa shape index (κ2) is 9.96. The summed E-state index contributed by atoms with van der Waals surface area (Å²) in [4.78, 5) is 56.1. The first-order valence-electron chi connectivity index (χ1n) is 10.1. The van der Waals surface area contributed by atoms with E-state index >= 15 is 0 Å². The number of aliphatic carboxylic acids is 2. The number of carboxylic acid groups (broad SMARTS) is 2. The van der Waals surface area contributed by atoms with Gasteiger partial charge in [0.15, 0.2) is 0 Å². The van der Waals surface area contributed by atoms with Gasteiger partial charge in [-0.1, -0.05) is 12.1 Å². The quantitative estimate of drug-likeness (QED) is 0.226. The summed E-state index contributed by atoms with van der Waals surface area (Å²) in [5.41, 5.74) is 8.36. The van der Waals surface area contributed by atoms with E-state index in [2.05, 4.69) is 25.6 Å². The Kier molecular flexibility index (Phi) is 7.08. The number of aryl methyl sites for hydroxylation is 1. The molecule has 2 aromatic heterocycles. The Morgan fingerprint density at radius 2 is 1.82 bits per heavy atom. The first kappa shape index (κ1) is 23.5. The van der Waals surface area contributed by atoms with Crippen LogP contribution in [0.1, 0.15) is 40.0 Å². The number of hydrogen-bond acceptors (Lipinski definition) is 7. The number of carbonyl (C=O) groups excluding carboxylic acids is 1. The minimum absolute atomic E-state index is 0.0361. The molecule has 0 saturated carbocycles. The molecule has 3 rings (SSSR count). The van der Waals surface area contributed by atoms with Gasteiger partial charge in [0.25, 0.3) is 11.5 Å².